The summed E-state index contributed by atoms with van der Waals surface area (Å²) >= 11 is 3.37. The van der Waals surface area contributed by atoms with Crippen LogP contribution >= 0.6 is 15.9 Å². The monoisotopic (exact) mass is 161 g/mol. The zero-order valence-electron chi connectivity index (χ0n) is 4.95. The molecule has 1 atom stereocenters. The van der Waals surface area contributed by atoms with Gasteiger partial charge in [-0.3, -0.25) is 0 Å². The van der Waals surface area contributed by atoms with Gasteiger partial charge in [0.05, 0.1) is 0 Å². The SMILES string of the molecule is C[B]C(C)CCBr. The quantitative estimate of drug-likeness (QED) is 0.441. The Morgan fingerprint density at radius 2 is 2.29 bits per heavy atom. The van der Waals surface area contributed by atoms with Crippen LogP contribution in [0.5, 0.6) is 0 Å². The van der Waals surface area contributed by atoms with E-state index in [1.54, 1.807) is 0 Å². The van der Waals surface area contributed by atoms with E-state index in [1.165, 1.54) is 6.42 Å². The maximum Gasteiger partial charge on any atom is 0.109 e. The Morgan fingerprint density at radius 3 is 2.43 bits per heavy atom. The fraction of sp³-hybridized carbons (Fsp3) is 1.00. The van der Waals surface area contributed by atoms with Crippen molar-refractivity contribution in [3.05, 3.63) is 0 Å². The first-order chi connectivity index (χ1) is 3.31. The van der Waals surface area contributed by atoms with Crippen molar-refractivity contribution in [1.82, 2.24) is 0 Å². The highest BCUT2D eigenvalue weighted by atomic mass is 79.9. The molecule has 0 N–H and O–H groups in total. The van der Waals surface area contributed by atoms with E-state index in [9.17, 15) is 0 Å². The molecule has 0 saturated heterocycles. The first-order valence-corrected chi connectivity index (χ1v) is 3.79. The maximum atomic E-state index is 3.37. The average molecular weight is 162 g/mol. The maximum absolute atomic E-state index is 3.37. The molecule has 0 rings (SSSR count). The van der Waals surface area contributed by atoms with E-state index in [-0.39, 0.29) is 0 Å². The highest BCUT2D eigenvalue weighted by molar-refractivity contribution is 9.09. The van der Waals surface area contributed by atoms with Gasteiger partial charge in [0.15, 0.2) is 0 Å². The Balaban J connectivity index is 2.83. The molecular formula is C5H11BBr. The number of halogens is 1. The second-order valence-electron chi connectivity index (χ2n) is 1.79. The Labute approximate surface area is 55.1 Å². The minimum Gasteiger partial charge on any atom is -0.0928 e. The minimum atomic E-state index is 0.777. The lowest BCUT2D eigenvalue weighted by Gasteiger charge is -2.00. The summed E-state index contributed by atoms with van der Waals surface area (Å²) in [5.74, 6) is 0.777. The van der Waals surface area contributed by atoms with Gasteiger partial charge < -0.3 is 0 Å². The largest absolute Gasteiger partial charge is 0.109 e. The van der Waals surface area contributed by atoms with Crippen molar-refractivity contribution in [2.24, 2.45) is 0 Å². The number of hydrogen-bond donors (Lipinski definition) is 0. The van der Waals surface area contributed by atoms with Gasteiger partial charge >= 0.3 is 0 Å². The van der Waals surface area contributed by atoms with Crippen molar-refractivity contribution in [2.75, 3.05) is 5.33 Å². The van der Waals surface area contributed by atoms with Crippen LogP contribution in [0.4, 0.5) is 0 Å². The van der Waals surface area contributed by atoms with Crippen LogP contribution in [0.1, 0.15) is 13.3 Å². The first-order valence-electron chi connectivity index (χ1n) is 2.66. The summed E-state index contributed by atoms with van der Waals surface area (Å²) in [5.41, 5.74) is 0. The van der Waals surface area contributed by atoms with Crippen LogP contribution in [-0.2, 0) is 0 Å². The molecule has 0 spiro atoms. The van der Waals surface area contributed by atoms with E-state index in [2.05, 4.69) is 37.0 Å². The Kier molecular flexibility index (Phi) is 5.06. The van der Waals surface area contributed by atoms with Crippen molar-refractivity contribution in [3.8, 4) is 0 Å². The molecule has 0 bridgehead atoms. The fourth-order valence-electron chi connectivity index (χ4n) is 0.339. The smallest absolute Gasteiger partial charge is 0.0928 e. The number of rotatable bonds is 3. The summed E-state index contributed by atoms with van der Waals surface area (Å²) in [6.45, 7) is 4.33. The third-order valence-corrected chi connectivity index (χ3v) is 1.59. The van der Waals surface area contributed by atoms with E-state index in [0.29, 0.717) is 0 Å². The third-order valence-electron chi connectivity index (χ3n) is 1.13. The number of hydrogen-bond acceptors (Lipinski definition) is 0. The van der Waals surface area contributed by atoms with Gasteiger partial charge in [0, 0.05) is 5.33 Å². The van der Waals surface area contributed by atoms with Gasteiger partial charge in [0.1, 0.15) is 7.28 Å². The first kappa shape index (κ1) is 7.54. The van der Waals surface area contributed by atoms with Crippen LogP contribution in [0, 0.1) is 0 Å². The van der Waals surface area contributed by atoms with E-state index < -0.39 is 0 Å². The molecule has 1 radical (unpaired) electrons. The molecule has 0 aliphatic carbocycles. The van der Waals surface area contributed by atoms with Gasteiger partial charge in [-0.15, -0.1) is 0 Å². The van der Waals surface area contributed by atoms with Crippen LogP contribution in [0.25, 0.3) is 0 Å². The summed E-state index contributed by atoms with van der Waals surface area (Å²) < 4.78 is 0. The summed E-state index contributed by atoms with van der Waals surface area (Å²) in [6.07, 6.45) is 1.26. The van der Waals surface area contributed by atoms with Crippen LogP contribution in [0.2, 0.25) is 12.6 Å². The molecule has 7 heavy (non-hydrogen) atoms. The third kappa shape index (κ3) is 4.40. The molecule has 0 aromatic carbocycles. The van der Waals surface area contributed by atoms with Crippen molar-refractivity contribution in [1.29, 1.82) is 0 Å². The van der Waals surface area contributed by atoms with E-state index in [0.717, 1.165) is 11.1 Å². The average Bonchev–Trinajstić information content (AvgIpc) is 1.68. The molecule has 0 fully saturated rings. The summed E-state index contributed by atoms with van der Waals surface area (Å²) in [4.78, 5) is 0. The van der Waals surface area contributed by atoms with Gasteiger partial charge in [-0.2, -0.15) is 0 Å². The summed E-state index contributed by atoms with van der Waals surface area (Å²) in [7, 11) is 2.22. The lowest BCUT2D eigenvalue weighted by Crippen LogP contribution is -1.93. The van der Waals surface area contributed by atoms with Crippen molar-refractivity contribution < 1.29 is 0 Å². The lowest BCUT2D eigenvalue weighted by molar-refractivity contribution is 0.886. The summed E-state index contributed by atoms with van der Waals surface area (Å²) in [5, 5.41) is 1.12. The van der Waals surface area contributed by atoms with Gasteiger partial charge in [0.25, 0.3) is 0 Å². The van der Waals surface area contributed by atoms with Crippen LogP contribution in [0.15, 0.2) is 0 Å². The van der Waals surface area contributed by atoms with Crippen LogP contribution in [-0.4, -0.2) is 12.6 Å². The molecule has 0 saturated carbocycles. The van der Waals surface area contributed by atoms with E-state index in [1.807, 2.05) is 0 Å². The van der Waals surface area contributed by atoms with Crippen LogP contribution < -0.4 is 0 Å². The topological polar surface area (TPSA) is 0 Å². The van der Waals surface area contributed by atoms with E-state index >= 15 is 0 Å². The van der Waals surface area contributed by atoms with Crippen molar-refractivity contribution in [2.45, 2.75) is 26.0 Å². The van der Waals surface area contributed by atoms with E-state index in [4.69, 9.17) is 0 Å². The minimum absolute atomic E-state index is 0.777. The van der Waals surface area contributed by atoms with Gasteiger partial charge in [-0.1, -0.05) is 35.5 Å². The molecular weight excluding hydrogens is 151 g/mol. The van der Waals surface area contributed by atoms with Crippen molar-refractivity contribution >= 4 is 23.2 Å². The molecule has 0 aliphatic heterocycles. The van der Waals surface area contributed by atoms with Gasteiger partial charge in [0.2, 0.25) is 0 Å². The predicted molar refractivity (Wildman–Crippen MR) is 39.5 cm³/mol. The highest BCUT2D eigenvalue weighted by Gasteiger charge is 1.94. The molecule has 0 amide bonds. The fourth-order valence-corrected chi connectivity index (χ4v) is 1.06. The molecule has 41 valence electrons. The van der Waals surface area contributed by atoms with Gasteiger partial charge in [-0.25, -0.2) is 0 Å². The standard InChI is InChI=1S/C5H11BBr/c1-5(6-2)3-4-7/h5H,3-4H2,1-2H3. The zero-order valence-corrected chi connectivity index (χ0v) is 6.53. The lowest BCUT2D eigenvalue weighted by atomic mass is 9.67. The summed E-state index contributed by atoms with van der Waals surface area (Å²) in [6, 6.07) is 0. The molecule has 0 heterocycles. The Morgan fingerprint density at radius 1 is 1.71 bits per heavy atom. The predicted octanol–water partition coefficient (Wildman–Crippen LogP) is 2.33. The molecule has 0 aromatic rings. The second-order valence-corrected chi connectivity index (χ2v) is 2.58. The zero-order chi connectivity index (χ0) is 5.70. The molecule has 0 aromatic heterocycles. The Bertz CT molecular complexity index is 39.1. The molecule has 2 heteroatoms. The Hall–Kier alpha value is 0.545. The molecule has 0 nitrogen and oxygen atoms in total. The molecule has 0 aliphatic rings. The van der Waals surface area contributed by atoms with Gasteiger partial charge in [-0.05, 0) is 6.42 Å². The highest BCUT2D eigenvalue weighted by Crippen LogP contribution is 2.07. The normalized spacial score (nSPS) is 13.6. The van der Waals surface area contributed by atoms with Crippen molar-refractivity contribution in [3.63, 3.8) is 0 Å². The van der Waals surface area contributed by atoms with Crippen LogP contribution in [0.3, 0.4) is 0 Å². The second kappa shape index (κ2) is 4.70. The molecule has 1 unspecified atom stereocenters. The number of alkyl halides is 1.